The number of hydrogen-bond donors (Lipinski definition) is 0. The van der Waals surface area contributed by atoms with Crippen molar-refractivity contribution in [3.05, 3.63) is 78.5 Å². The molecule has 0 saturated heterocycles. The van der Waals surface area contributed by atoms with Gasteiger partial charge in [-0.1, -0.05) is 60.7 Å². The van der Waals surface area contributed by atoms with E-state index in [4.69, 9.17) is 4.11 Å². The first-order valence-electron chi connectivity index (χ1n) is 7.68. The van der Waals surface area contributed by atoms with Crippen molar-refractivity contribution in [2.45, 2.75) is 6.85 Å². The maximum Gasteiger partial charge on any atom is 0.0737 e. The Morgan fingerprint density at radius 3 is 2.32 bits per heavy atom. The molecule has 0 saturated carbocycles. The highest BCUT2D eigenvalue weighted by atomic mass is 14.7. The fraction of sp³-hybridized carbons (Fsp3) is 0.0556. The smallest absolute Gasteiger partial charge is 0.0737 e. The second kappa shape index (κ2) is 5.07. The molecule has 3 rings (SSSR count). The lowest BCUT2D eigenvalue weighted by Gasteiger charge is -2.11. The zero-order valence-corrected chi connectivity index (χ0v) is 10.4. The Hall–Kier alpha value is -2.41. The van der Waals surface area contributed by atoms with Gasteiger partial charge in [0, 0.05) is 15.9 Å². The lowest BCUT2D eigenvalue weighted by Crippen LogP contribution is -1.90. The summed E-state index contributed by atoms with van der Waals surface area (Å²) in [6.07, 6.45) is 1.63. The summed E-state index contributed by atoms with van der Waals surface area (Å²) in [7, 11) is 0. The Labute approximate surface area is 117 Å². The minimum absolute atomic E-state index is 0.276. The highest BCUT2D eigenvalue weighted by Crippen LogP contribution is 2.31. The molecule has 0 N–H and O–H groups in total. The van der Waals surface area contributed by atoms with Crippen LogP contribution in [0, 0.1) is 6.85 Å². The molecule has 0 amide bonds. The average Bonchev–Trinajstić information content (AvgIpc) is 2.55. The van der Waals surface area contributed by atoms with E-state index in [9.17, 15) is 0 Å². The van der Waals surface area contributed by atoms with E-state index in [-0.39, 0.29) is 5.56 Å². The van der Waals surface area contributed by atoms with E-state index in [1.807, 2.05) is 54.6 Å². The zero-order chi connectivity index (χ0) is 15.6. The molecule has 19 heavy (non-hydrogen) atoms. The normalized spacial score (nSPS) is 13.4. The lowest BCUT2D eigenvalue weighted by atomic mass is 9.96. The second-order valence-electron chi connectivity index (χ2n) is 4.31. The number of pyridine rings is 1. The number of nitrogens with zero attached hydrogens (tertiary/aromatic N) is 1. The average molecular weight is 248 g/mol. The molecular weight excluding hydrogens is 230 g/mol. The van der Waals surface area contributed by atoms with Crippen LogP contribution in [0.2, 0.25) is 0 Å². The quantitative estimate of drug-likeness (QED) is 0.639. The minimum atomic E-state index is -2.19. The molecule has 0 aliphatic rings. The van der Waals surface area contributed by atoms with Crippen molar-refractivity contribution in [1.29, 1.82) is 0 Å². The van der Waals surface area contributed by atoms with Crippen LogP contribution < -0.4 is 0 Å². The van der Waals surface area contributed by atoms with Crippen LogP contribution in [0.25, 0.3) is 22.4 Å². The fourth-order valence-corrected chi connectivity index (χ4v) is 2.18. The van der Waals surface area contributed by atoms with E-state index in [0.717, 1.165) is 16.7 Å². The molecule has 0 aliphatic heterocycles. The highest BCUT2D eigenvalue weighted by molar-refractivity contribution is 5.82. The first-order chi connectivity index (χ1) is 10.6. The van der Waals surface area contributed by atoms with E-state index in [2.05, 4.69) is 4.98 Å². The third-order valence-electron chi connectivity index (χ3n) is 3.07. The Bertz CT molecular complexity index is 780. The van der Waals surface area contributed by atoms with Gasteiger partial charge in [0.05, 0.1) is 5.69 Å². The van der Waals surface area contributed by atoms with Gasteiger partial charge in [-0.05, 0) is 29.6 Å². The standard InChI is InChI=1S/C18H15N/c1-14-8-7-13-19-18(14)17-12-6-5-11-16(17)15-9-3-2-4-10-15/h2-13H,1H3/i1D3. The molecule has 0 spiro atoms. The first kappa shape index (κ1) is 8.65. The monoisotopic (exact) mass is 248 g/mol. The Kier molecular flexibility index (Phi) is 2.31. The van der Waals surface area contributed by atoms with Gasteiger partial charge in [0.25, 0.3) is 0 Å². The largest absolute Gasteiger partial charge is 0.256 e. The second-order valence-corrected chi connectivity index (χ2v) is 4.31. The third kappa shape index (κ3) is 2.27. The van der Waals surface area contributed by atoms with Crippen LogP contribution in [0.15, 0.2) is 72.9 Å². The van der Waals surface area contributed by atoms with Crippen molar-refractivity contribution in [3.63, 3.8) is 0 Å². The van der Waals surface area contributed by atoms with Crippen LogP contribution in [0.1, 0.15) is 9.68 Å². The van der Waals surface area contributed by atoms with Crippen LogP contribution in [-0.4, -0.2) is 4.98 Å². The Balaban J connectivity index is 2.24. The van der Waals surface area contributed by atoms with Gasteiger partial charge in [0.2, 0.25) is 0 Å². The molecule has 1 heteroatoms. The SMILES string of the molecule is [2H]C([2H])([2H])c1cccnc1-c1ccccc1-c1ccccc1. The van der Waals surface area contributed by atoms with Gasteiger partial charge < -0.3 is 0 Å². The van der Waals surface area contributed by atoms with Gasteiger partial charge >= 0.3 is 0 Å². The van der Waals surface area contributed by atoms with Crippen LogP contribution in [-0.2, 0) is 0 Å². The van der Waals surface area contributed by atoms with E-state index in [0.29, 0.717) is 5.69 Å². The first-order valence-corrected chi connectivity index (χ1v) is 6.18. The highest BCUT2D eigenvalue weighted by Gasteiger charge is 2.09. The van der Waals surface area contributed by atoms with E-state index >= 15 is 0 Å². The molecule has 0 atom stereocenters. The summed E-state index contributed by atoms with van der Waals surface area (Å²) in [5.74, 6) is 0. The van der Waals surface area contributed by atoms with Gasteiger partial charge in [0.1, 0.15) is 0 Å². The fourth-order valence-electron chi connectivity index (χ4n) is 2.18. The van der Waals surface area contributed by atoms with Crippen molar-refractivity contribution in [1.82, 2.24) is 4.98 Å². The molecule has 1 nitrogen and oxygen atoms in total. The third-order valence-corrected chi connectivity index (χ3v) is 3.07. The molecule has 0 unspecified atom stereocenters. The van der Waals surface area contributed by atoms with Crippen molar-refractivity contribution in [3.8, 4) is 22.4 Å². The van der Waals surface area contributed by atoms with Gasteiger partial charge in [-0.2, -0.15) is 0 Å². The summed E-state index contributed by atoms with van der Waals surface area (Å²) < 4.78 is 23.2. The van der Waals surface area contributed by atoms with Crippen LogP contribution in [0.3, 0.4) is 0 Å². The van der Waals surface area contributed by atoms with Crippen molar-refractivity contribution in [2.24, 2.45) is 0 Å². The van der Waals surface area contributed by atoms with Crippen molar-refractivity contribution < 1.29 is 4.11 Å². The molecule has 0 aliphatic carbocycles. The Morgan fingerprint density at radius 1 is 0.789 bits per heavy atom. The number of aromatic nitrogens is 1. The van der Waals surface area contributed by atoms with Crippen LogP contribution in [0.5, 0.6) is 0 Å². The van der Waals surface area contributed by atoms with Gasteiger partial charge in [-0.25, -0.2) is 0 Å². The lowest BCUT2D eigenvalue weighted by molar-refractivity contribution is 1.27. The van der Waals surface area contributed by atoms with Crippen LogP contribution >= 0.6 is 0 Å². The molecule has 92 valence electrons. The molecule has 1 heterocycles. The predicted molar refractivity (Wildman–Crippen MR) is 79.8 cm³/mol. The molecule has 1 aromatic heterocycles. The number of aryl methyl sites for hydroxylation is 1. The van der Waals surface area contributed by atoms with Crippen molar-refractivity contribution >= 4 is 0 Å². The van der Waals surface area contributed by atoms with E-state index in [1.54, 1.807) is 18.3 Å². The molecule has 0 bridgehead atoms. The van der Waals surface area contributed by atoms with Gasteiger partial charge in [-0.3, -0.25) is 4.98 Å². The van der Waals surface area contributed by atoms with Gasteiger partial charge in [0.15, 0.2) is 0 Å². The Morgan fingerprint density at radius 2 is 1.53 bits per heavy atom. The van der Waals surface area contributed by atoms with E-state index < -0.39 is 6.85 Å². The topological polar surface area (TPSA) is 12.9 Å². The van der Waals surface area contributed by atoms with Crippen molar-refractivity contribution in [2.75, 3.05) is 0 Å². The summed E-state index contributed by atoms with van der Waals surface area (Å²) in [6, 6.07) is 21.0. The van der Waals surface area contributed by atoms with Gasteiger partial charge in [-0.15, -0.1) is 0 Å². The summed E-state index contributed by atoms with van der Waals surface area (Å²) in [5, 5.41) is 0. The summed E-state index contributed by atoms with van der Waals surface area (Å²) in [5.41, 5.74) is 3.65. The van der Waals surface area contributed by atoms with Crippen LogP contribution in [0.4, 0.5) is 0 Å². The summed E-state index contributed by atoms with van der Waals surface area (Å²) >= 11 is 0. The number of benzene rings is 2. The molecule has 0 radical (unpaired) electrons. The molecular formula is C18H15N. The zero-order valence-electron chi connectivity index (χ0n) is 13.4. The minimum Gasteiger partial charge on any atom is -0.256 e. The maximum atomic E-state index is 7.73. The maximum absolute atomic E-state index is 7.73. The molecule has 3 aromatic rings. The number of hydrogen-bond acceptors (Lipinski definition) is 1. The molecule has 2 aromatic carbocycles. The number of rotatable bonds is 2. The molecule has 0 fully saturated rings. The summed E-state index contributed by atoms with van der Waals surface area (Å²) in [6.45, 7) is -2.19. The predicted octanol–water partition coefficient (Wildman–Crippen LogP) is 4.72. The van der Waals surface area contributed by atoms with E-state index in [1.165, 1.54) is 0 Å². The summed E-state index contributed by atoms with van der Waals surface area (Å²) in [4.78, 5) is 4.34.